The highest BCUT2D eigenvalue weighted by molar-refractivity contribution is 7.99. The van der Waals surface area contributed by atoms with E-state index in [9.17, 15) is 4.79 Å². The summed E-state index contributed by atoms with van der Waals surface area (Å²) in [7, 11) is 0. The summed E-state index contributed by atoms with van der Waals surface area (Å²) in [6.07, 6.45) is 0.319. The molecule has 2 aromatic rings. The van der Waals surface area contributed by atoms with Crippen molar-refractivity contribution in [3.8, 4) is 0 Å². The molecule has 0 saturated heterocycles. The van der Waals surface area contributed by atoms with Crippen LogP contribution in [0.3, 0.4) is 0 Å². The summed E-state index contributed by atoms with van der Waals surface area (Å²) >= 11 is 1.74. The fourth-order valence-electron chi connectivity index (χ4n) is 2.08. The number of nitrogens with one attached hydrogen (secondary N) is 1. The van der Waals surface area contributed by atoms with Crippen LogP contribution in [0.2, 0.25) is 0 Å². The van der Waals surface area contributed by atoms with Gasteiger partial charge in [0.2, 0.25) is 5.91 Å². The molecule has 2 aromatic carbocycles. The minimum Gasteiger partial charge on any atom is -0.355 e. The predicted octanol–water partition coefficient (Wildman–Crippen LogP) is 3.72. The van der Waals surface area contributed by atoms with Crippen molar-refractivity contribution >= 4 is 30.1 Å². The van der Waals surface area contributed by atoms with Crippen LogP contribution >= 0.6 is 24.2 Å². The minimum absolute atomic E-state index is 0. The Labute approximate surface area is 148 Å². The van der Waals surface area contributed by atoms with Gasteiger partial charge in [0.1, 0.15) is 0 Å². The van der Waals surface area contributed by atoms with E-state index in [1.54, 1.807) is 11.8 Å². The van der Waals surface area contributed by atoms with Gasteiger partial charge in [-0.05, 0) is 24.6 Å². The molecule has 0 radical (unpaired) electrons. The van der Waals surface area contributed by atoms with E-state index in [-0.39, 0.29) is 24.4 Å². The second-order valence-electron chi connectivity index (χ2n) is 5.23. The second-order valence-corrected chi connectivity index (χ2v) is 6.40. The van der Waals surface area contributed by atoms with Crippen LogP contribution in [0.15, 0.2) is 59.5 Å². The summed E-state index contributed by atoms with van der Waals surface area (Å²) < 4.78 is 0. The zero-order valence-electron chi connectivity index (χ0n) is 13.2. The highest BCUT2D eigenvalue weighted by Gasteiger charge is 2.10. The molecule has 1 atom stereocenters. The molecule has 0 fully saturated rings. The number of hydrogen-bond acceptors (Lipinski definition) is 3. The summed E-state index contributed by atoms with van der Waals surface area (Å²) in [6.45, 7) is 2.73. The molecule has 0 bridgehead atoms. The number of rotatable bonds is 7. The average Bonchev–Trinajstić information content (AvgIpc) is 2.54. The Hall–Kier alpha value is -1.49. The zero-order valence-corrected chi connectivity index (χ0v) is 14.8. The third kappa shape index (κ3) is 7.08. The van der Waals surface area contributed by atoms with Gasteiger partial charge >= 0.3 is 0 Å². The van der Waals surface area contributed by atoms with Crippen LogP contribution < -0.4 is 11.1 Å². The molecule has 23 heavy (non-hydrogen) atoms. The Morgan fingerprint density at radius 3 is 2.43 bits per heavy atom. The van der Waals surface area contributed by atoms with Crippen LogP contribution in [0.5, 0.6) is 0 Å². The first kappa shape index (κ1) is 19.6. The van der Waals surface area contributed by atoms with Crippen molar-refractivity contribution in [2.24, 2.45) is 5.73 Å². The van der Waals surface area contributed by atoms with Crippen molar-refractivity contribution in [1.29, 1.82) is 0 Å². The lowest BCUT2D eigenvalue weighted by atomic mass is 10.0. The number of aryl methyl sites for hydroxylation is 1. The van der Waals surface area contributed by atoms with Gasteiger partial charge in [-0.1, -0.05) is 48.0 Å². The molecule has 0 aliphatic heterocycles. The first-order valence-corrected chi connectivity index (χ1v) is 8.40. The Morgan fingerprint density at radius 2 is 1.78 bits per heavy atom. The lowest BCUT2D eigenvalue weighted by Crippen LogP contribution is -2.29. The van der Waals surface area contributed by atoms with Crippen LogP contribution in [-0.4, -0.2) is 18.2 Å². The van der Waals surface area contributed by atoms with Gasteiger partial charge in [-0.2, -0.15) is 0 Å². The zero-order chi connectivity index (χ0) is 15.8. The Morgan fingerprint density at radius 1 is 1.13 bits per heavy atom. The van der Waals surface area contributed by atoms with Crippen molar-refractivity contribution in [2.75, 3.05) is 12.3 Å². The normalized spacial score (nSPS) is 11.4. The monoisotopic (exact) mass is 350 g/mol. The van der Waals surface area contributed by atoms with E-state index in [0.29, 0.717) is 13.0 Å². The quantitative estimate of drug-likeness (QED) is 0.591. The molecule has 5 heteroatoms. The van der Waals surface area contributed by atoms with E-state index in [2.05, 4.69) is 36.5 Å². The van der Waals surface area contributed by atoms with Crippen LogP contribution in [0, 0.1) is 6.92 Å². The number of benzene rings is 2. The van der Waals surface area contributed by atoms with Gasteiger partial charge < -0.3 is 11.1 Å². The van der Waals surface area contributed by atoms with Crippen LogP contribution in [0.25, 0.3) is 0 Å². The molecular weight excluding hydrogens is 328 g/mol. The average molecular weight is 351 g/mol. The predicted molar refractivity (Wildman–Crippen MR) is 100 cm³/mol. The van der Waals surface area contributed by atoms with Gasteiger partial charge in [-0.3, -0.25) is 4.79 Å². The van der Waals surface area contributed by atoms with Crippen LogP contribution in [-0.2, 0) is 4.79 Å². The maximum Gasteiger partial charge on any atom is 0.221 e. The van der Waals surface area contributed by atoms with Gasteiger partial charge in [0.15, 0.2) is 0 Å². The number of amides is 1. The second kappa shape index (κ2) is 10.3. The van der Waals surface area contributed by atoms with E-state index in [1.165, 1.54) is 10.5 Å². The highest BCUT2D eigenvalue weighted by atomic mass is 35.5. The molecule has 124 valence electrons. The number of carbonyl (C=O) groups excluding carboxylic acids is 1. The van der Waals surface area contributed by atoms with E-state index >= 15 is 0 Å². The van der Waals surface area contributed by atoms with Crippen molar-refractivity contribution in [3.63, 3.8) is 0 Å². The molecule has 0 saturated carbocycles. The minimum atomic E-state index is -0.244. The highest BCUT2D eigenvalue weighted by Crippen LogP contribution is 2.17. The first-order valence-electron chi connectivity index (χ1n) is 7.42. The Balaban J connectivity index is 0.00000264. The molecule has 0 aliphatic carbocycles. The summed E-state index contributed by atoms with van der Waals surface area (Å²) in [6, 6.07) is 17.9. The van der Waals surface area contributed by atoms with Gasteiger partial charge in [0.25, 0.3) is 0 Å². The van der Waals surface area contributed by atoms with Gasteiger partial charge in [-0.15, -0.1) is 24.2 Å². The lowest BCUT2D eigenvalue weighted by molar-refractivity contribution is -0.121. The first-order chi connectivity index (χ1) is 10.6. The summed E-state index contributed by atoms with van der Waals surface area (Å²) in [5.41, 5.74) is 8.29. The molecular formula is C18H23ClN2OS. The van der Waals surface area contributed by atoms with E-state index in [0.717, 1.165) is 11.3 Å². The van der Waals surface area contributed by atoms with Gasteiger partial charge in [-0.25, -0.2) is 0 Å². The molecule has 1 amide bonds. The van der Waals surface area contributed by atoms with Crippen LogP contribution in [0.4, 0.5) is 0 Å². The van der Waals surface area contributed by atoms with Crippen molar-refractivity contribution in [3.05, 3.63) is 65.7 Å². The Bertz CT molecular complexity index is 590. The fraction of sp³-hybridized carbons (Fsp3) is 0.278. The molecule has 0 aromatic heterocycles. The molecule has 0 aliphatic rings. The molecule has 1 unspecified atom stereocenters. The van der Waals surface area contributed by atoms with E-state index in [1.807, 2.05) is 30.3 Å². The number of thioether (sulfide) groups is 1. The maximum absolute atomic E-state index is 11.9. The summed E-state index contributed by atoms with van der Waals surface area (Å²) in [4.78, 5) is 13.1. The standard InChI is InChI=1S/C18H22N2OS.ClH/c1-14-7-9-16(10-8-14)22-12-11-20-18(21)13-17(19)15-5-3-2-4-6-15;/h2-10,17H,11-13,19H2,1H3,(H,20,21);1H. The van der Waals surface area contributed by atoms with Crippen molar-refractivity contribution < 1.29 is 4.79 Å². The van der Waals surface area contributed by atoms with E-state index < -0.39 is 0 Å². The number of halogens is 1. The van der Waals surface area contributed by atoms with Crippen molar-refractivity contribution in [2.45, 2.75) is 24.3 Å². The maximum atomic E-state index is 11.9. The Kier molecular flexibility index (Phi) is 8.77. The molecule has 0 heterocycles. The summed E-state index contributed by atoms with van der Waals surface area (Å²) in [5, 5.41) is 2.93. The van der Waals surface area contributed by atoms with Crippen molar-refractivity contribution in [1.82, 2.24) is 5.32 Å². The molecule has 3 nitrogen and oxygen atoms in total. The molecule has 3 N–H and O–H groups in total. The number of hydrogen-bond donors (Lipinski definition) is 2. The van der Waals surface area contributed by atoms with E-state index in [4.69, 9.17) is 5.73 Å². The lowest BCUT2D eigenvalue weighted by Gasteiger charge is -2.12. The third-order valence-corrected chi connectivity index (χ3v) is 4.36. The number of nitrogens with two attached hydrogens (primary N) is 1. The summed E-state index contributed by atoms with van der Waals surface area (Å²) in [5.74, 6) is 0.857. The smallest absolute Gasteiger partial charge is 0.221 e. The van der Waals surface area contributed by atoms with Crippen LogP contribution in [0.1, 0.15) is 23.6 Å². The van der Waals surface area contributed by atoms with Gasteiger partial charge in [0, 0.05) is 29.7 Å². The SMILES string of the molecule is Cc1ccc(SCCNC(=O)CC(N)c2ccccc2)cc1.Cl. The van der Waals surface area contributed by atoms with Gasteiger partial charge in [0.05, 0.1) is 0 Å². The topological polar surface area (TPSA) is 55.1 Å². The molecule has 0 spiro atoms. The largest absolute Gasteiger partial charge is 0.355 e. The fourth-order valence-corrected chi connectivity index (χ4v) is 2.85. The number of carbonyl (C=O) groups is 1. The third-order valence-electron chi connectivity index (χ3n) is 3.35. The molecule has 2 rings (SSSR count).